The molecule has 0 bridgehead atoms. The van der Waals surface area contributed by atoms with Crippen LogP contribution < -0.4 is 5.32 Å². The molecular weight excluding hydrogens is 262 g/mol. The van der Waals surface area contributed by atoms with Crippen LogP contribution in [0.4, 0.5) is 0 Å². The highest BCUT2D eigenvalue weighted by atomic mass is 16.1. The average Bonchev–Trinajstić information content (AvgIpc) is 2.48. The van der Waals surface area contributed by atoms with Gasteiger partial charge >= 0.3 is 0 Å². The van der Waals surface area contributed by atoms with Gasteiger partial charge in [-0.05, 0) is 38.1 Å². The fourth-order valence-electron chi connectivity index (χ4n) is 2.63. The summed E-state index contributed by atoms with van der Waals surface area (Å²) in [5.41, 5.74) is 2.02. The molecule has 0 aliphatic carbocycles. The first-order valence-electron chi connectivity index (χ1n) is 7.93. The Morgan fingerprint density at radius 1 is 1.10 bits per heavy atom. The second-order valence-corrected chi connectivity index (χ2v) is 6.04. The molecule has 1 aromatic carbocycles. The zero-order valence-electron chi connectivity index (χ0n) is 13.4. The number of rotatable bonds is 5. The highest BCUT2D eigenvalue weighted by Gasteiger charge is 2.15. The van der Waals surface area contributed by atoms with Crippen molar-refractivity contribution in [1.82, 2.24) is 15.1 Å². The molecule has 1 aromatic rings. The third-order valence-corrected chi connectivity index (χ3v) is 3.95. The third kappa shape index (κ3) is 4.83. The highest BCUT2D eigenvalue weighted by Crippen LogP contribution is 2.10. The van der Waals surface area contributed by atoms with Crippen LogP contribution in [0.25, 0.3) is 0 Å². The predicted octanol–water partition coefficient (Wildman–Crippen LogP) is 1.96. The molecule has 0 radical (unpaired) electrons. The molecule has 1 N–H and O–H groups in total. The van der Waals surface area contributed by atoms with E-state index in [4.69, 9.17) is 0 Å². The molecule has 1 heterocycles. The Morgan fingerprint density at radius 3 is 2.19 bits per heavy atom. The van der Waals surface area contributed by atoms with Gasteiger partial charge in [-0.3, -0.25) is 9.69 Å². The van der Waals surface area contributed by atoms with E-state index in [2.05, 4.69) is 34.2 Å². The molecule has 0 spiro atoms. The van der Waals surface area contributed by atoms with E-state index >= 15 is 0 Å². The van der Waals surface area contributed by atoms with Crippen molar-refractivity contribution >= 4 is 5.91 Å². The molecule has 4 nitrogen and oxygen atoms in total. The van der Waals surface area contributed by atoms with Crippen molar-refractivity contribution in [3.05, 3.63) is 35.4 Å². The van der Waals surface area contributed by atoms with Crippen molar-refractivity contribution < 1.29 is 4.79 Å². The van der Waals surface area contributed by atoms with Crippen LogP contribution >= 0.6 is 0 Å². The van der Waals surface area contributed by atoms with Crippen molar-refractivity contribution in [3.8, 4) is 0 Å². The summed E-state index contributed by atoms with van der Waals surface area (Å²) in [5.74, 6) is 0.00751. The van der Waals surface area contributed by atoms with E-state index in [0.717, 1.165) is 44.8 Å². The monoisotopic (exact) mass is 289 g/mol. The Balaban J connectivity index is 1.86. The summed E-state index contributed by atoms with van der Waals surface area (Å²) < 4.78 is 0. The van der Waals surface area contributed by atoms with E-state index in [1.54, 1.807) is 0 Å². The standard InChI is InChI=1S/C17H27N3O/c1-4-19-9-11-20(12-10-19)13-15-5-7-16(8-6-15)17(21)18-14(2)3/h5-8,14H,4,9-13H2,1-3H3,(H,18,21). The van der Waals surface area contributed by atoms with Gasteiger partial charge in [0.25, 0.3) is 5.91 Å². The second kappa shape index (κ2) is 7.57. The number of piperazine rings is 1. The maximum absolute atomic E-state index is 11.9. The van der Waals surface area contributed by atoms with Gasteiger partial charge in [0.05, 0.1) is 0 Å². The Kier molecular flexibility index (Phi) is 5.76. The van der Waals surface area contributed by atoms with E-state index in [1.807, 2.05) is 26.0 Å². The molecule has 2 rings (SSSR count). The summed E-state index contributed by atoms with van der Waals surface area (Å²) in [6.45, 7) is 12.9. The Bertz CT molecular complexity index is 448. The lowest BCUT2D eigenvalue weighted by Crippen LogP contribution is -2.45. The molecule has 1 amide bonds. The van der Waals surface area contributed by atoms with Crippen LogP contribution in [0, 0.1) is 0 Å². The smallest absolute Gasteiger partial charge is 0.251 e. The number of carbonyl (C=O) groups excluding carboxylic acids is 1. The minimum atomic E-state index is 0.00751. The lowest BCUT2D eigenvalue weighted by molar-refractivity contribution is 0.0943. The maximum atomic E-state index is 11.9. The molecule has 0 unspecified atom stereocenters. The summed E-state index contributed by atoms with van der Waals surface area (Å²) >= 11 is 0. The SMILES string of the molecule is CCN1CCN(Cc2ccc(C(=O)NC(C)C)cc2)CC1. The Hall–Kier alpha value is -1.39. The van der Waals surface area contributed by atoms with Crippen LogP contribution in [0.1, 0.15) is 36.7 Å². The zero-order chi connectivity index (χ0) is 15.2. The Morgan fingerprint density at radius 2 is 1.67 bits per heavy atom. The van der Waals surface area contributed by atoms with Crippen LogP contribution in [0.3, 0.4) is 0 Å². The molecule has 1 aliphatic heterocycles. The topological polar surface area (TPSA) is 35.6 Å². The van der Waals surface area contributed by atoms with Gasteiger partial charge in [0, 0.05) is 44.3 Å². The summed E-state index contributed by atoms with van der Waals surface area (Å²) in [4.78, 5) is 16.9. The average molecular weight is 289 g/mol. The largest absolute Gasteiger partial charge is 0.350 e. The molecule has 0 aromatic heterocycles. The normalized spacial score (nSPS) is 17.1. The second-order valence-electron chi connectivity index (χ2n) is 6.04. The van der Waals surface area contributed by atoms with Gasteiger partial charge in [0.1, 0.15) is 0 Å². The number of hydrogen-bond donors (Lipinski definition) is 1. The summed E-state index contributed by atoms with van der Waals surface area (Å²) in [5, 5.41) is 2.92. The van der Waals surface area contributed by atoms with Crippen LogP contribution in [0.5, 0.6) is 0 Å². The van der Waals surface area contributed by atoms with Gasteiger partial charge in [0.15, 0.2) is 0 Å². The predicted molar refractivity (Wildman–Crippen MR) is 86.4 cm³/mol. The molecule has 4 heteroatoms. The number of nitrogens with zero attached hydrogens (tertiary/aromatic N) is 2. The van der Waals surface area contributed by atoms with Gasteiger partial charge < -0.3 is 10.2 Å². The molecule has 0 saturated carbocycles. The number of likely N-dealkylation sites (N-methyl/N-ethyl adjacent to an activating group) is 1. The zero-order valence-corrected chi connectivity index (χ0v) is 13.4. The van der Waals surface area contributed by atoms with E-state index in [1.165, 1.54) is 5.56 Å². The van der Waals surface area contributed by atoms with Gasteiger partial charge in [-0.25, -0.2) is 0 Å². The molecule has 1 fully saturated rings. The Labute approximate surface area is 128 Å². The molecule has 0 atom stereocenters. The number of nitrogens with one attached hydrogen (secondary N) is 1. The van der Waals surface area contributed by atoms with E-state index in [9.17, 15) is 4.79 Å². The van der Waals surface area contributed by atoms with E-state index < -0.39 is 0 Å². The molecule has 1 saturated heterocycles. The number of benzene rings is 1. The van der Waals surface area contributed by atoms with E-state index in [0.29, 0.717) is 0 Å². The van der Waals surface area contributed by atoms with Crippen LogP contribution in [-0.2, 0) is 6.54 Å². The number of hydrogen-bond acceptors (Lipinski definition) is 3. The van der Waals surface area contributed by atoms with Crippen LogP contribution in [0.15, 0.2) is 24.3 Å². The van der Waals surface area contributed by atoms with Gasteiger partial charge in [-0.15, -0.1) is 0 Å². The van der Waals surface area contributed by atoms with Crippen LogP contribution in [-0.4, -0.2) is 54.5 Å². The van der Waals surface area contributed by atoms with Crippen molar-refractivity contribution in [2.45, 2.75) is 33.4 Å². The summed E-state index contributed by atoms with van der Waals surface area (Å²) in [6, 6.07) is 8.17. The highest BCUT2D eigenvalue weighted by molar-refractivity contribution is 5.94. The maximum Gasteiger partial charge on any atom is 0.251 e. The minimum absolute atomic E-state index is 0.00751. The van der Waals surface area contributed by atoms with Crippen molar-refractivity contribution in [2.75, 3.05) is 32.7 Å². The van der Waals surface area contributed by atoms with Crippen LogP contribution in [0.2, 0.25) is 0 Å². The lowest BCUT2D eigenvalue weighted by Gasteiger charge is -2.34. The fraction of sp³-hybridized carbons (Fsp3) is 0.588. The van der Waals surface area contributed by atoms with Crippen molar-refractivity contribution in [1.29, 1.82) is 0 Å². The van der Waals surface area contributed by atoms with E-state index in [-0.39, 0.29) is 11.9 Å². The van der Waals surface area contributed by atoms with Gasteiger partial charge in [-0.2, -0.15) is 0 Å². The lowest BCUT2D eigenvalue weighted by atomic mass is 10.1. The summed E-state index contributed by atoms with van der Waals surface area (Å²) in [7, 11) is 0. The quantitative estimate of drug-likeness (QED) is 0.900. The first-order valence-corrected chi connectivity index (χ1v) is 7.93. The van der Waals surface area contributed by atoms with Crippen molar-refractivity contribution in [3.63, 3.8) is 0 Å². The third-order valence-electron chi connectivity index (χ3n) is 3.95. The van der Waals surface area contributed by atoms with Gasteiger partial charge in [0.2, 0.25) is 0 Å². The molecule has 116 valence electrons. The molecular formula is C17H27N3O. The van der Waals surface area contributed by atoms with Crippen molar-refractivity contribution in [2.24, 2.45) is 0 Å². The molecule has 1 aliphatic rings. The molecule has 21 heavy (non-hydrogen) atoms. The first-order chi connectivity index (χ1) is 10.1. The van der Waals surface area contributed by atoms with Gasteiger partial charge in [-0.1, -0.05) is 19.1 Å². The minimum Gasteiger partial charge on any atom is -0.350 e. The number of amides is 1. The number of carbonyl (C=O) groups is 1. The summed E-state index contributed by atoms with van der Waals surface area (Å²) in [6.07, 6.45) is 0. The first kappa shape index (κ1) is 16.0. The fourth-order valence-corrected chi connectivity index (χ4v) is 2.63.